The molecule has 2 N–H and O–H groups in total. The molecule has 1 heterocycles. The molecule has 1 aromatic rings. The molecule has 6 heteroatoms. The van der Waals surface area contributed by atoms with Crippen LogP contribution in [-0.4, -0.2) is 48.6 Å². The number of rotatable bonds is 6. The van der Waals surface area contributed by atoms with Crippen LogP contribution in [0.5, 0.6) is 0 Å². The van der Waals surface area contributed by atoms with Gasteiger partial charge in [0.25, 0.3) is 5.91 Å². The quantitative estimate of drug-likeness (QED) is 0.770. The fraction of sp³-hybridized carbons (Fsp3) is 0.455. The number of nitrogens with zero attached hydrogens (tertiary/aromatic N) is 1. The molecule has 0 radical (unpaired) electrons. The Labute approximate surface area is 104 Å². The highest BCUT2D eigenvalue weighted by Crippen LogP contribution is 2.05. The molecule has 94 valence electrons. The maximum Gasteiger partial charge on any atom is 0.252 e. The third kappa shape index (κ3) is 4.54. The van der Waals surface area contributed by atoms with Gasteiger partial charge in [0.1, 0.15) is 0 Å². The van der Waals surface area contributed by atoms with Crippen molar-refractivity contribution in [2.45, 2.75) is 6.42 Å². The maximum absolute atomic E-state index is 11.5. The van der Waals surface area contributed by atoms with Crippen LogP contribution in [0.15, 0.2) is 16.8 Å². The molecule has 0 fully saturated rings. The zero-order chi connectivity index (χ0) is 12.7. The average molecular weight is 256 g/mol. The van der Waals surface area contributed by atoms with Gasteiger partial charge in [-0.05, 0) is 11.4 Å². The third-order valence-electron chi connectivity index (χ3n) is 2.27. The predicted molar refractivity (Wildman–Crippen MR) is 66.0 cm³/mol. The standard InChI is InChI=1S/C11H16N2O3S/c1-13(5-6-14)10(15)2-4-12-11(16)9-3-7-17-8-9/h3,7-8,14H,2,4-6H2,1H3,(H,12,16). The van der Waals surface area contributed by atoms with Crippen LogP contribution in [-0.2, 0) is 4.79 Å². The second-order valence-corrected chi connectivity index (χ2v) is 4.34. The molecule has 0 aliphatic carbocycles. The normalized spacial score (nSPS) is 10.0. The van der Waals surface area contributed by atoms with Gasteiger partial charge in [-0.1, -0.05) is 0 Å². The molecule has 2 amide bonds. The molecule has 0 spiro atoms. The lowest BCUT2D eigenvalue weighted by molar-refractivity contribution is -0.130. The summed E-state index contributed by atoms with van der Waals surface area (Å²) in [6.07, 6.45) is 0.242. The molecule has 0 saturated heterocycles. The highest BCUT2D eigenvalue weighted by atomic mass is 32.1. The van der Waals surface area contributed by atoms with Crippen molar-refractivity contribution in [3.05, 3.63) is 22.4 Å². The van der Waals surface area contributed by atoms with E-state index in [0.717, 1.165) is 0 Å². The van der Waals surface area contributed by atoms with Gasteiger partial charge in [0.15, 0.2) is 0 Å². The number of aliphatic hydroxyl groups is 1. The van der Waals surface area contributed by atoms with Crippen molar-refractivity contribution in [3.8, 4) is 0 Å². The zero-order valence-electron chi connectivity index (χ0n) is 9.68. The number of aliphatic hydroxyl groups excluding tert-OH is 1. The van der Waals surface area contributed by atoms with Crippen molar-refractivity contribution in [2.75, 3.05) is 26.7 Å². The molecule has 1 aromatic heterocycles. The summed E-state index contributed by atoms with van der Waals surface area (Å²) < 4.78 is 0. The Morgan fingerprint density at radius 1 is 1.53 bits per heavy atom. The first-order chi connectivity index (χ1) is 8.15. The summed E-state index contributed by atoms with van der Waals surface area (Å²) in [5, 5.41) is 14.9. The number of nitrogens with one attached hydrogen (secondary N) is 1. The number of carbonyl (C=O) groups excluding carboxylic acids is 2. The smallest absolute Gasteiger partial charge is 0.252 e. The number of thiophene rings is 1. The van der Waals surface area contributed by atoms with Gasteiger partial charge >= 0.3 is 0 Å². The van der Waals surface area contributed by atoms with E-state index in [0.29, 0.717) is 18.7 Å². The highest BCUT2D eigenvalue weighted by Gasteiger charge is 2.09. The van der Waals surface area contributed by atoms with Gasteiger partial charge in [0, 0.05) is 37.5 Å². The summed E-state index contributed by atoms with van der Waals surface area (Å²) in [4.78, 5) is 24.4. The Morgan fingerprint density at radius 2 is 2.29 bits per heavy atom. The molecule has 17 heavy (non-hydrogen) atoms. The average Bonchev–Trinajstić information content (AvgIpc) is 2.82. The summed E-state index contributed by atoms with van der Waals surface area (Å²) >= 11 is 1.46. The fourth-order valence-electron chi connectivity index (χ4n) is 1.24. The van der Waals surface area contributed by atoms with Crippen LogP contribution < -0.4 is 5.32 Å². The molecule has 0 aromatic carbocycles. The molecule has 0 aliphatic rings. The lowest BCUT2D eigenvalue weighted by Crippen LogP contribution is -2.33. The molecule has 5 nitrogen and oxygen atoms in total. The van der Waals surface area contributed by atoms with E-state index in [1.165, 1.54) is 16.2 Å². The van der Waals surface area contributed by atoms with Gasteiger partial charge in [-0.2, -0.15) is 11.3 Å². The second kappa shape index (κ2) is 7.03. The minimum atomic E-state index is -0.163. The van der Waals surface area contributed by atoms with Gasteiger partial charge in [-0.3, -0.25) is 9.59 Å². The number of carbonyl (C=O) groups is 2. The summed E-state index contributed by atoms with van der Waals surface area (Å²) in [5.74, 6) is -0.256. The van der Waals surface area contributed by atoms with Crippen molar-refractivity contribution >= 4 is 23.2 Å². The van der Waals surface area contributed by atoms with Crippen LogP contribution in [0.4, 0.5) is 0 Å². The van der Waals surface area contributed by atoms with E-state index in [-0.39, 0.29) is 24.8 Å². The van der Waals surface area contributed by atoms with E-state index in [1.54, 1.807) is 18.5 Å². The minimum absolute atomic E-state index is 0.0521. The number of hydrogen-bond donors (Lipinski definition) is 2. The van der Waals surface area contributed by atoms with Crippen LogP contribution in [0.1, 0.15) is 16.8 Å². The molecule has 0 unspecified atom stereocenters. The van der Waals surface area contributed by atoms with Crippen LogP contribution in [0.2, 0.25) is 0 Å². The summed E-state index contributed by atoms with van der Waals surface area (Å²) in [5.41, 5.74) is 0.617. The molecule has 0 atom stereocenters. The van der Waals surface area contributed by atoms with Gasteiger partial charge < -0.3 is 15.3 Å². The van der Waals surface area contributed by atoms with E-state index >= 15 is 0 Å². The van der Waals surface area contributed by atoms with Crippen molar-refractivity contribution in [1.29, 1.82) is 0 Å². The molecule has 0 bridgehead atoms. The van der Waals surface area contributed by atoms with Gasteiger partial charge in [-0.25, -0.2) is 0 Å². The number of hydrogen-bond acceptors (Lipinski definition) is 4. The minimum Gasteiger partial charge on any atom is -0.395 e. The lowest BCUT2D eigenvalue weighted by atomic mass is 10.3. The number of amides is 2. The Kier molecular flexibility index (Phi) is 5.65. The van der Waals surface area contributed by atoms with Gasteiger partial charge in [0.2, 0.25) is 5.91 Å². The highest BCUT2D eigenvalue weighted by molar-refractivity contribution is 7.08. The maximum atomic E-state index is 11.5. The largest absolute Gasteiger partial charge is 0.395 e. The Bertz CT molecular complexity index is 365. The van der Waals surface area contributed by atoms with E-state index < -0.39 is 0 Å². The van der Waals surface area contributed by atoms with Gasteiger partial charge in [0.05, 0.1) is 6.61 Å². The first-order valence-corrected chi connectivity index (χ1v) is 6.24. The zero-order valence-corrected chi connectivity index (χ0v) is 10.5. The van der Waals surface area contributed by atoms with Crippen molar-refractivity contribution in [3.63, 3.8) is 0 Å². The van der Waals surface area contributed by atoms with E-state index in [1.807, 2.05) is 5.38 Å². The van der Waals surface area contributed by atoms with Crippen molar-refractivity contribution < 1.29 is 14.7 Å². The van der Waals surface area contributed by atoms with Crippen molar-refractivity contribution in [1.82, 2.24) is 10.2 Å². The number of likely N-dealkylation sites (N-methyl/N-ethyl adjacent to an activating group) is 1. The second-order valence-electron chi connectivity index (χ2n) is 3.56. The molecule has 0 aliphatic heterocycles. The van der Waals surface area contributed by atoms with E-state index in [2.05, 4.69) is 5.32 Å². The van der Waals surface area contributed by atoms with Crippen molar-refractivity contribution in [2.24, 2.45) is 0 Å². The first-order valence-electron chi connectivity index (χ1n) is 5.30. The van der Waals surface area contributed by atoms with E-state index in [9.17, 15) is 9.59 Å². The van der Waals surface area contributed by atoms with Crippen LogP contribution in [0, 0.1) is 0 Å². The Morgan fingerprint density at radius 3 is 2.88 bits per heavy atom. The monoisotopic (exact) mass is 256 g/mol. The summed E-state index contributed by atoms with van der Waals surface area (Å²) in [6.45, 7) is 0.574. The molecule has 1 rings (SSSR count). The van der Waals surface area contributed by atoms with Gasteiger partial charge in [-0.15, -0.1) is 0 Å². The summed E-state index contributed by atoms with van der Waals surface area (Å²) in [7, 11) is 1.62. The molecular weight excluding hydrogens is 240 g/mol. The van der Waals surface area contributed by atoms with Crippen LogP contribution in [0.3, 0.4) is 0 Å². The predicted octanol–water partition coefficient (Wildman–Crippen LogP) is 0.319. The SMILES string of the molecule is CN(CCO)C(=O)CCNC(=O)c1ccsc1. The third-order valence-corrected chi connectivity index (χ3v) is 2.95. The molecular formula is C11H16N2O3S. The van der Waals surface area contributed by atoms with E-state index in [4.69, 9.17) is 5.11 Å². The fourth-order valence-corrected chi connectivity index (χ4v) is 1.88. The topological polar surface area (TPSA) is 69.6 Å². The Balaban J connectivity index is 2.24. The van der Waals surface area contributed by atoms with Crippen LogP contribution >= 0.6 is 11.3 Å². The Hall–Kier alpha value is -1.40. The first kappa shape index (κ1) is 13.7. The summed E-state index contributed by atoms with van der Waals surface area (Å²) in [6, 6.07) is 1.74. The lowest BCUT2D eigenvalue weighted by Gasteiger charge is -2.15. The molecule has 0 saturated carbocycles. The van der Waals surface area contributed by atoms with Crippen LogP contribution in [0.25, 0.3) is 0 Å².